The van der Waals surface area contributed by atoms with Crippen LogP contribution >= 0.6 is 0 Å². The van der Waals surface area contributed by atoms with Gasteiger partial charge in [-0.15, -0.1) is 9.13 Å². The first-order valence-electron chi connectivity index (χ1n) is 10.0. The monoisotopic (exact) mass is 419 g/mol. The van der Waals surface area contributed by atoms with E-state index in [1.54, 1.807) is 0 Å². The normalized spacial score (nSPS) is 10.5. The second-order valence-electron chi connectivity index (χ2n) is 8.18. The van der Waals surface area contributed by atoms with Crippen molar-refractivity contribution in [1.29, 1.82) is 0 Å². The highest BCUT2D eigenvalue weighted by atomic mass is 15.2. The first kappa shape index (κ1) is 26.1. The van der Waals surface area contributed by atoms with Gasteiger partial charge in [-0.2, -0.15) is 0 Å². The Morgan fingerprint density at radius 3 is 1.81 bits per heavy atom. The van der Waals surface area contributed by atoms with Crippen molar-refractivity contribution in [3.05, 3.63) is 77.6 Å². The number of nitrogen functional groups attached to an aromatic ring is 1. The zero-order valence-electron chi connectivity index (χ0n) is 17.2. The van der Waals surface area contributed by atoms with Crippen LogP contribution in [0.5, 0.6) is 0 Å². The largest absolute Gasteiger partial charge is 0.398 e. The molecule has 0 saturated carbocycles. The van der Waals surface area contributed by atoms with Crippen LogP contribution in [0.4, 0.5) is 5.69 Å². The summed E-state index contributed by atoms with van der Waals surface area (Å²) in [7, 11) is 0. The molecule has 31 heavy (non-hydrogen) atoms. The average Bonchev–Trinajstić information content (AvgIpc) is 2.66. The number of fused-ring (bicyclic) bond motifs is 2. The molecule has 4 rings (SSSR count). The van der Waals surface area contributed by atoms with Gasteiger partial charge >= 0.3 is 6.67 Å². The molecule has 2 N–H and O–H groups in total. The van der Waals surface area contributed by atoms with Gasteiger partial charge in [-0.05, 0) is 30.0 Å². The van der Waals surface area contributed by atoms with Crippen LogP contribution < -0.4 is 14.9 Å². The molecule has 0 saturated heterocycles. The van der Waals surface area contributed by atoms with Crippen molar-refractivity contribution in [2.45, 2.75) is 63.1 Å². The molecule has 0 radical (unpaired) electrons. The van der Waals surface area contributed by atoms with Crippen molar-refractivity contribution < 1.29 is 9.13 Å². The summed E-state index contributed by atoms with van der Waals surface area (Å²) >= 11 is 0. The third kappa shape index (κ3) is 4.87. The molecule has 3 nitrogen and oxygen atoms in total. The number of anilines is 1. The van der Waals surface area contributed by atoms with Gasteiger partial charge in [0.15, 0.2) is 11.4 Å². The van der Waals surface area contributed by atoms with E-state index in [0.717, 1.165) is 24.2 Å². The highest BCUT2D eigenvalue weighted by Gasteiger charge is 2.24. The molecule has 0 fully saturated rings. The smallest absolute Gasteiger partial charge is 0.345 e. The number of aromatic nitrogens is 2. The van der Waals surface area contributed by atoms with Crippen LogP contribution in [0.1, 0.15) is 53.1 Å². The van der Waals surface area contributed by atoms with Gasteiger partial charge in [0.1, 0.15) is 0 Å². The molecule has 0 aliphatic rings. The molecular weight excluding hydrogens is 378 g/mol. The molecule has 3 heteroatoms. The minimum Gasteiger partial charge on any atom is -0.398 e. The SMILES string of the molecule is C.C.C.Cc1cc(N)c2ccccc2[n+]1C[n+]1c(C)cc(CC(C)C)c2ccccc21. The molecule has 0 spiro atoms. The Hall–Kier alpha value is -2.94. The van der Waals surface area contributed by atoms with Gasteiger partial charge in [-0.3, -0.25) is 0 Å². The predicted molar refractivity (Wildman–Crippen MR) is 136 cm³/mol. The molecule has 0 aliphatic carbocycles. The third-order valence-corrected chi connectivity index (χ3v) is 5.56. The Morgan fingerprint density at radius 2 is 1.23 bits per heavy atom. The number of hydrogen-bond acceptors (Lipinski definition) is 1. The number of aryl methyl sites for hydroxylation is 2. The maximum atomic E-state index is 6.29. The van der Waals surface area contributed by atoms with Crippen molar-refractivity contribution in [3.8, 4) is 0 Å². The van der Waals surface area contributed by atoms with E-state index in [0.29, 0.717) is 5.92 Å². The molecule has 0 amide bonds. The standard InChI is InChI=1S/C25H28N3.3CH4/c1-17(2)13-20-14-18(3)27(24-11-7-5-9-21(20)24)16-28-19(4)15-23(26)22-10-6-8-12-25(22)28;;;/h5-12,14-15,17,26H,13,16H2,1-4H3;3*1H4/q+1;;;/p+1. The molecular formula is C28H41N3+2. The number of hydrogen-bond donors (Lipinski definition) is 1. The summed E-state index contributed by atoms with van der Waals surface area (Å²) in [6.07, 6.45) is 1.10. The van der Waals surface area contributed by atoms with E-state index in [-0.39, 0.29) is 22.3 Å². The van der Waals surface area contributed by atoms with E-state index >= 15 is 0 Å². The van der Waals surface area contributed by atoms with Gasteiger partial charge in [0, 0.05) is 43.5 Å². The van der Waals surface area contributed by atoms with Crippen LogP contribution in [0.25, 0.3) is 21.8 Å². The zero-order valence-corrected chi connectivity index (χ0v) is 17.2. The summed E-state index contributed by atoms with van der Waals surface area (Å²) in [5.41, 5.74) is 13.5. The number of rotatable bonds is 4. The molecule has 2 heterocycles. The van der Waals surface area contributed by atoms with Crippen LogP contribution in [0.2, 0.25) is 0 Å². The lowest BCUT2D eigenvalue weighted by atomic mass is 9.98. The summed E-state index contributed by atoms with van der Waals surface area (Å²) in [4.78, 5) is 0. The summed E-state index contributed by atoms with van der Waals surface area (Å²) in [5.74, 6) is 0.635. The lowest BCUT2D eigenvalue weighted by molar-refractivity contribution is -0.894. The molecule has 4 aromatic rings. The van der Waals surface area contributed by atoms with Gasteiger partial charge < -0.3 is 5.73 Å². The Morgan fingerprint density at radius 1 is 0.742 bits per heavy atom. The molecule has 0 bridgehead atoms. The van der Waals surface area contributed by atoms with Crippen LogP contribution in [0, 0.1) is 19.8 Å². The van der Waals surface area contributed by atoms with E-state index in [4.69, 9.17) is 5.73 Å². The van der Waals surface area contributed by atoms with Crippen molar-refractivity contribution in [2.75, 3.05) is 5.73 Å². The summed E-state index contributed by atoms with van der Waals surface area (Å²) in [5, 5.41) is 2.45. The Balaban J connectivity index is 0.00000160. The minimum absolute atomic E-state index is 0. The van der Waals surface area contributed by atoms with E-state index in [9.17, 15) is 0 Å². The maximum absolute atomic E-state index is 6.29. The van der Waals surface area contributed by atoms with Crippen molar-refractivity contribution in [1.82, 2.24) is 0 Å². The quantitative estimate of drug-likeness (QED) is 0.383. The lowest BCUT2D eigenvalue weighted by Gasteiger charge is -2.11. The number of benzene rings is 2. The average molecular weight is 420 g/mol. The molecule has 0 atom stereocenters. The first-order chi connectivity index (χ1) is 13.5. The van der Waals surface area contributed by atoms with Gasteiger partial charge in [0.2, 0.25) is 11.0 Å². The minimum atomic E-state index is 0. The second kappa shape index (κ2) is 10.4. The third-order valence-electron chi connectivity index (χ3n) is 5.56. The van der Waals surface area contributed by atoms with Crippen molar-refractivity contribution in [2.24, 2.45) is 5.92 Å². The van der Waals surface area contributed by atoms with Crippen LogP contribution in [0.15, 0.2) is 60.7 Å². The van der Waals surface area contributed by atoms with Crippen molar-refractivity contribution >= 4 is 27.5 Å². The summed E-state index contributed by atoms with van der Waals surface area (Å²) in [6, 6.07) is 21.6. The molecule has 166 valence electrons. The Kier molecular flexibility index (Phi) is 8.74. The predicted octanol–water partition coefficient (Wildman–Crippen LogP) is 6.38. The highest BCUT2D eigenvalue weighted by molar-refractivity contribution is 5.87. The van der Waals surface area contributed by atoms with Crippen LogP contribution in [-0.2, 0) is 13.1 Å². The summed E-state index contributed by atoms with van der Waals surface area (Å²) < 4.78 is 4.77. The van der Waals surface area contributed by atoms with E-state index < -0.39 is 0 Å². The fraction of sp³-hybridized carbons (Fsp3) is 0.357. The number of nitrogens with zero attached hydrogens (tertiary/aromatic N) is 2. The maximum Gasteiger partial charge on any atom is 0.345 e. The van der Waals surface area contributed by atoms with Gasteiger partial charge in [-0.25, -0.2) is 0 Å². The lowest BCUT2D eigenvalue weighted by Crippen LogP contribution is -2.55. The van der Waals surface area contributed by atoms with E-state index in [1.165, 1.54) is 33.4 Å². The fourth-order valence-electron chi connectivity index (χ4n) is 4.23. The molecule has 2 aromatic heterocycles. The van der Waals surface area contributed by atoms with Gasteiger partial charge in [0.05, 0.1) is 11.1 Å². The van der Waals surface area contributed by atoms with Crippen molar-refractivity contribution in [3.63, 3.8) is 0 Å². The Labute approximate surface area is 189 Å². The second-order valence-corrected chi connectivity index (χ2v) is 8.18. The number of nitrogens with two attached hydrogens (primary N) is 1. The van der Waals surface area contributed by atoms with E-state index in [1.807, 2.05) is 6.07 Å². The van der Waals surface area contributed by atoms with Gasteiger partial charge in [-0.1, -0.05) is 60.4 Å². The molecule has 0 aliphatic heterocycles. The van der Waals surface area contributed by atoms with E-state index in [2.05, 4.69) is 91.4 Å². The fourth-order valence-corrected chi connectivity index (χ4v) is 4.23. The molecule has 0 unspecified atom stereocenters. The summed E-state index contributed by atoms with van der Waals surface area (Å²) in [6.45, 7) is 9.68. The number of para-hydroxylation sites is 2. The van der Waals surface area contributed by atoms with Crippen LogP contribution in [-0.4, -0.2) is 0 Å². The zero-order chi connectivity index (χ0) is 19.8. The topological polar surface area (TPSA) is 33.8 Å². The first-order valence-corrected chi connectivity index (χ1v) is 10.0. The van der Waals surface area contributed by atoms with Crippen LogP contribution in [0.3, 0.4) is 0 Å². The van der Waals surface area contributed by atoms with Gasteiger partial charge in [0.25, 0.3) is 0 Å². The Bertz CT molecular complexity index is 1180. The molecule has 2 aromatic carbocycles. The number of pyridine rings is 2. The highest BCUT2D eigenvalue weighted by Crippen LogP contribution is 2.21.